The lowest BCUT2D eigenvalue weighted by atomic mass is 10.2. The molecular weight excluding hydrogens is 338 g/mol. The van der Waals surface area contributed by atoms with Crippen molar-refractivity contribution in [1.29, 1.82) is 0 Å². The van der Waals surface area contributed by atoms with Gasteiger partial charge in [-0.3, -0.25) is 4.31 Å². The molecule has 0 saturated heterocycles. The zero-order chi connectivity index (χ0) is 17.9. The molecule has 0 unspecified atom stereocenters. The van der Waals surface area contributed by atoms with E-state index in [9.17, 15) is 28.2 Å². The first-order valence-corrected chi connectivity index (χ1v) is 7.99. The first-order chi connectivity index (χ1) is 11.2. The van der Waals surface area contributed by atoms with Crippen LogP contribution in [0.15, 0.2) is 53.4 Å². The number of carbonyl (C=O) groups excluding carboxylic acids is 1. The second-order valence-corrected chi connectivity index (χ2v) is 6.54. The van der Waals surface area contributed by atoms with Gasteiger partial charge in [0.2, 0.25) is 0 Å². The van der Waals surface area contributed by atoms with Crippen LogP contribution in [0, 0.1) is 0 Å². The quantitative estimate of drug-likeness (QED) is 0.735. The Hall–Kier alpha value is -3.07. The molecule has 0 fully saturated rings. The molecule has 0 radical (unpaired) electrons. The first kappa shape index (κ1) is 17.3. The number of aliphatic carboxylic acids is 1. The highest BCUT2D eigenvalue weighted by Crippen LogP contribution is 2.26. The van der Waals surface area contributed by atoms with E-state index in [1.54, 1.807) is 6.07 Å². The van der Waals surface area contributed by atoms with Gasteiger partial charge in [0, 0.05) is 0 Å². The molecule has 0 aliphatic heterocycles. The molecule has 126 valence electrons. The molecule has 0 bridgehead atoms. The van der Waals surface area contributed by atoms with E-state index in [0.29, 0.717) is 10.4 Å². The maximum Gasteiger partial charge on any atom is 0.335 e. The number of carboxylic acid groups (broad SMARTS) is 2. The summed E-state index contributed by atoms with van der Waals surface area (Å²) in [5.41, 5.74) is -0.665. The monoisotopic (exact) mass is 349 g/mol. The lowest BCUT2D eigenvalue weighted by Gasteiger charge is -2.25. The van der Waals surface area contributed by atoms with Gasteiger partial charge in [0.25, 0.3) is 10.0 Å². The number of aromatic carboxylic acids is 1. The fourth-order valence-corrected chi connectivity index (χ4v) is 3.43. The smallest absolute Gasteiger partial charge is 0.335 e. The molecule has 0 spiro atoms. The molecule has 0 saturated carbocycles. The van der Waals surface area contributed by atoms with Gasteiger partial charge in [0.05, 0.1) is 28.7 Å². The molecule has 0 aliphatic rings. The second-order valence-electron chi connectivity index (χ2n) is 4.68. The Bertz CT molecular complexity index is 878. The molecule has 2 aromatic rings. The Morgan fingerprint density at radius 1 is 1.08 bits per heavy atom. The Morgan fingerprint density at radius 3 is 2.25 bits per heavy atom. The number of para-hydroxylation sites is 1. The highest BCUT2D eigenvalue weighted by Gasteiger charge is 2.26. The van der Waals surface area contributed by atoms with E-state index < -0.39 is 44.7 Å². The number of rotatable bonds is 6. The van der Waals surface area contributed by atoms with Gasteiger partial charge in [0.15, 0.2) is 0 Å². The number of carbonyl (C=O) groups is 2. The maximum atomic E-state index is 12.7. The number of hydrogen-bond donors (Lipinski definition) is 1. The Balaban J connectivity index is 2.58. The number of hydrogen-bond acceptors (Lipinski definition) is 6. The van der Waals surface area contributed by atoms with Gasteiger partial charge in [-0.05, 0) is 24.3 Å². The van der Waals surface area contributed by atoms with Crippen molar-refractivity contribution in [2.45, 2.75) is 4.90 Å². The van der Waals surface area contributed by atoms with Crippen molar-refractivity contribution < 1.29 is 33.3 Å². The zero-order valence-corrected chi connectivity index (χ0v) is 12.9. The van der Waals surface area contributed by atoms with Gasteiger partial charge < -0.3 is 20.1 Å². The highest BCUT2D eigenvalue weighted by molar-refractivity contribution is 7.92. The third kappa shape index (κ3) is 3.46. The van der Waals surface area contributed by atoms with Crippen LogP contribution < -0.4 is 14.5 Å². The minimum absolute atomic E-state index is 0.0600. The van der Waals surface area contributed by atoms with Crippen LogP contribution in [0.2, 0.25) is 0 Å². The Kier molecular flexibility index (Phi) is 4.74. The predicted molar refractivity (Wildman–Crippen MR) is 78.8 cm³/mol. The average molecular weight is 349 g/mol. The SMILES string of the molecule is O=C([O-])CN(c1ccccc1)S(=O)(=O)c1ccc([O-])c(C(=O)O)c1. The van der Waals surface area contributed by atoms with E-state index in [1.165, 1.54) is 24.3 Å². The average Bonchev–Trinajstić information content (AvgIpc) is 2.53. The van der Waals surface area contributed by atoms with Gasteiger partial charge in [-0.15, -0.1) is 0 Å². The molecule has 0 aliphatic carbocycles. The lowest BCUT2D eigenvalue weighted by molar-refractivity contribution is -0.303. The summed E-state index contributed by atoms with van der Waals surface area (Å²) in [4.78, 5) is 21.4. The molecule has 2 rings (SSSR count). The van der Waals surface area contributed by atoms with Gasteiger partial charge in [-0.1, -0.05) is 30.0 Å². The summed E-state index contributed by atoms with van der Waals surface area (Å²) in [5.74, 6) is -4.07. The van der Waals surface area contributed by atoms with Crippen LogP contribution in [0.1, 0.15) is 10.4 Å². The van der Waals surface area contributed by atoms with E-state index >= 15 is 0 Å². The Morgan fingerprint density at radius 2 is 1.71 bits per heavy atom. The van der Waals surface area contributed by atoms with E-state index in [2.05, 4.69) is 0 Å². The number of nitrogens with zero attached hydrogens (tertiary/aromatic N) is 1. The minimum atomic E-state index is -4.41. The van der Waals surface area contributed by atoms with Crippen LogP contribution in [0.5, 0.6) is 5.75 Å². The molecule has 0 aromatic heterocycles. The molecule has 0 atom stereocenters. The summed E-state index contributed by atoms with van der Waals surface area (Å²) < 4.78 is 26.0. The third-order valence-electron chi connectivity index (χ3n) is 3.09. The molecule has 8 nitrogen and oxygen atoms in total. The first-order valence-electron chi connectivity index (χ1n) is 6.55. The molecule has 0 amide bonds. The van der Waals surface area contributed by atoms with Crippen LogP contribution in [-0.2, 0) is 14.8 Å². The Labute approximate surface area is 137 Å². The van der Waals surface area contributed by atoms with Gasteiger partial charge in [0.1, 0.15) is 0 Å². The van der Waals surface area contributed by atoms with Gasteiger partial charge in [-0.25, -0.2) is 13.2 Å². The third-order valence-corrected chi connectivity index (χ3v) is 4.86. The normalized spacial score (nSPS) is 11.0. The van der Waals surface area contributed by atoms with Crippen molar-refractivity contribution in [3.63, 3.8) is 0 Å². The summed E-state index contributed by atoms with van der Waals surface area (Å²) in [6.45, 7) is -0.964. The standard InChI is InChI=1S/C15H13NO7S/c17-13-7-6-11(8-12(13)15(20)21)24(22,23)16(9-14(18)19)10-4-2-1-3-5-10/h1-8,17H,9H2,(H,18,19)(H,20,21)/p-2. The molecule has 24 heavy (non-hydrogen) atoms. The van der Waals surface area contributed by atoms with Crippen molar-refractivity contribution in [3.05, 3.63) is 54.1 Å². The van der Waals surface area contributed by atoms with E-state index in [0.717, 1.165) is 12.1 Å². The number of benzene rings is 2. The largest absolute Gasteiger partial charge is 0.872 e. The number of sulfonamides is 1. The van der Waals surface area contributed by atoms with Gasteiger partial charge >= 0.3 is 5.97 Å². The summed E-state index contributed by atoms with van der Waals surface area (Å²) in [7, 11) is -4.41. The highest BCUT2D eigenvalue weighted by atomic mass is 32.2. The number of anilines is 1. The topological polar surface area (TPSA) is 138 Å². The lowest BCUT2D eigenvalue weighted by Crippen LogP contribution is -2.41. The van der Waals surface area contributed by atoms with E-state index in [-0.39, 0.29) is 5.69 Å². The summed E-state index contributed by atoms with van der Waals surface area (Å²) >= 11 is 0. The number of carboxylic acids is 2. The van der Waals surface area contributed by atoms with Crippen molar-refractivity contribution in [2.24, 2.45) is 0 Å². The summed E-state index contributed by atoms with van der Waals surface area (Å²) in [6.07, 6.45) is 0. The van der Waals surface area contributed by atoms with Gasteiger partial charge in [-0.2, -0.15) is 0 Å². The van der Waals surface area contributed by atoms with E-state index in [1.807, 2.05) is 0 Å². The molecular formula is C15H11NO7S-2. The summed E-state index contributed by atoms with van der Waals surface area (Å²) in [6, 6.07) is 9.81. The van der Waals surface area contributed by atoms with Crippen molar-refractivity contribution in [2.75, 3.05) is 10.8 Å². The minimum Gasteiger partial charge on any atom is -0.872 e. The zero-order valence-electron chi connectivity index (χ0n) is 12.1. The van der Waals surface area contributed by atoms with Crippen molar-refractivity contribution in [3.8, 4) is 5.75 Å². The van der Waals surface area contributed by atoms with Crippen LogP contribution >= 0.6 is 0 Å². The second kappa shape index (κ2) is 6.59. The molecule has 9 heteroatoms. The summed E-state index contributed by atoms with van der Waals surface area (Å²) in [5, 5.41) is 31.3. The van der Waals surface area contributed by atoms with E-state index in [4.69, 9.17) is 5.11 Å². The molecule has 0 heterocycles. The fourth-order valence-electron chi connectivity index (χ4n) is 1.99. The van der Waals surface area contributed by atoms with Crippen LogP contribution in [0.25, 0.3) is 0 Å². The van der Waals surface area contributed by atoms with Crippen LogP contribution in [-0.4, -0.2) is 32.0 Å². The molecule has 1 N–H and O–H groups in total. The van der Waals surface area contributed by atoms with Crippen molar-refractivity contribution >= 4 is 27.6 Å². The van der Waals surface area contributed by atoms with Crippen molar-refractivity contribution in [1.82, 2.24) is 0 Å². The fraction of sp³-hybridized carbons (Fsp3) is 0.0667. The predicted octanol–water partition coefficient (Wildman–Crippen LogP) is -0.596. The van der Waals surface area contributed by atoms with Crippen LogP contribution in [0.3, 0.4) is 0 Å². The maximum absolute atomic E-state index is 12.7. The molecule has 2 aromatic carbocycles. The van der Waals surface area contributed by atoms with Crippen LogP contribution in [0.4, 0.5) is 5.69 Å².